The molecule has 3 heteroatoms. The van der Waals surface area contributed by atoms with Gasteiger partial charge in [0, 0.05) is 12.0 Å². The molecule has 4 aromatic rings. The number of nitrogens with one attached hydrogen (secondary N) is 1. The largest absolute Gasteiger partial charge is 0.478 e. The Balaban J connectivity index is 1.39. The van der Waals surface area contributed by atoms with Gasteiger partial charge in [0.1, 0.15) is 0 Å². The van der Waals surface area contributed by atoms with Gasteiger partial charge in [-0.25, -0.2) is 4.79 Å². The molecule has 0 heterocycles. The molecule has 0 bridgehead atoms. The molecule has 2 N–H and O–H groups in total. The second-order valence-electron chi connectivity index (χ2n) is 9.64. The van der Waals surface area contributed by atoms with Gasteiger partial charge in [-0.1, -0.05) is 78.9 Å². The lowest BCUT2D eigenvalue weighted by Crippen LogP contribution is -2.31. The summed E-state index contributed by atoms with van der Waals surface area (Å²) in [5.74, 6) is -0.166. The van der Waals surface area contributed by atoms with E-state index in [2.05, 4.69) is 85.0 Å². The molecule has 0 amide bonds. The van der Waals surface area contributed by atoms with Gasteiger partial charge in [0.2, 0.25) is 0 Å². The molecule has 1 aliphatic rings. The summed E-state index contributed by atoms with van der Waals surface area (Å²) in [6, 6.07) is 29.9. The third-order valence-electron chi connectivity index (χ3n) is 7.41. The van der Waals surface area contributed by atoms with Crippen molar-refractivity contribution in [1.82, 2.24) is 5.32 Å². The molecule has 34 heavy (non-hydrogen) atoms. The normalized spacial score (nSPS) is 18.4. The van der Waals surface area contributed by atoms with Crippen LogP contribution in [0.25, 0.3) is 10.8 Å². The molecular weight excluding hydrogens is 418 g/mol. The van der Waals surface area contributed by atoms with Crippen LogP contribution in [-0.4, -0.2) is 17.6 Å². The van der Waals surface area contributed by atoms with E-state index < -0.39 is 5.97 Å². The SMILES string of the molecule is Cc1ccc(C2CC(CN[C@H](C)c3cccc4ccccc34)Cc3ccccc32)cc1C(=O)O. The summed E-state index contributed by atoms with van der Waals surface area (Å²) in [4.78, 5) is 11.8. The van der Waals surface area contributed by atoms with Crippen LogP contribution in [0.1, 0.15) is 63.5 Å². The highest BCUT2D eigenvalue weighted by Crippen LogP contribution is 2.40. The molecule has 4 aromatic carbocycles. The van der Waals surface area contributed by atoms with Crippen molar-refractivity contribution in [3.05, 3.63) is 118 Å². The van der Waals surface area contributed by atoms with Gasteiger partial charge >= 0.3 is 5.97 Å². The Morgan fingerprint density at radius 1 is 1.00 bits per heavy atom. The predicted octanol–water partition coefficient (Wildman–Crippen LogP) is 6.89. The van der Waals surface area contributed by atoms with E-state index in [4.69, 9.17) is 0 Å². The molecule has 3 nitrogen and oxygen atoms in total. The van der Waals surface area contributed by atoms with E-state index in [0.717, 1.165) is 30.5 Å². The number of aryl methyl sites for hydroxylation is 1. The molecule has 0 saturated heterocycles. The fourth-order valence-electron chi connectivity index (χ4n) is 5.55. The molecule has 5 rings (SSSR count). The number of hydrogen-bond donors (Lipinski definition) is 2. The molecule has 0 spiro atoms. The van der Waals surface area contributed by atoms with E-state index in [0.29, 0.717) is 11.5 Å². The number of hydrogen-bond acceptors (Lipinski definition) is 2. The number of rotatable bonds is 6. The molecule has 1 aliphatic carbocycles. The van der Waals surface area contributed by atoms with Crippen LogP contribution in [0.4, 0.5) is 0 Å². The lowest BCUT2D eigenvalue weighted by molar-refractivity contribution is 0.0696. The number of fused-ring (bicyclic) bond motifs is 2. The average Bonchev–Trinajstić information content (AvgIpc) is 2.86. The van der Waals surface area contributed by atoms with Gasteiger partial charge in [-0.2, -0.15) is 0 Å². The fraction of sp³-hybridized carbons (Fsp3) is 0.258. The molecule has 172 valence electrons. The maximum absolute atomic E-state index is 11.8. The van der Waals surface area contributed by atoms with Crippen molar-refractivity contribution in [1.29, 1.82) is 0 Å². The van der Waals surface area contributed by atoms with Crippen LogP contribution in [0.2, 0.25) is 0 Å². The minimum Gasteiger partial charge on any atom is -0.478 e. The first-order valence-corrected chi connectivity index (χ1v) is 12.1. The van der Waals surface area contributed by atoms with E-state index in [1.165, 1.54) is 27.5 Å². The maximum atomic E-state index is 11.8. The van der Waals surface area contributed by atoms with Crippen LogP contribution in [-0.2, 0) is 6.42 Å². The molecule has 2 unspecified atom stereocenters. The molecule has 0 fully saturated rings. The van der Waals surface area contributed by atoms with Crippen molar-refractivity contribution in [2.24, 2.45) is 5.92 Å². The summed E-state index contributed by atoms with van der Waals surface area (Å²) in [5, 5.41) is 16.0. The highest BCUT2D eigenvalue weighted by atomic mass is 16.4. The Morgan fingerprint density at radius 3 is 2.62 bits per heavy atom. The first-order valence-electron chi connectivity index (χ1n) is 12.1. The summed E-state index contributed by atoms with van der Waals surface area (Å²) in [5.41, 5.74) is 6.35. The zero-order chi connectivity index (χ0) is 23.7. The predicted molar refractivity (Wildman–Crippen MR) is 139 cm³/mol. The third kappa shape index (κ3) is 4.36. The Morgan fingerprint density at radius 2 is 1.76 bits per heavy atom. The maximum Gasteiger partial charge on any atom is 0.335 e. The molecule has 3 atom stereocenters. The Bertz CT molecular complexity index is 1340. The second-order valence-corrected chi connectivity index (χ2v) is 9.64. The summed E-state index contributed by atoms with van der Waals surface area (Å²) in [7, 11) is 0. The van der Waals surface area contributed by atoms with Crippen molar-refractivity contribution in [2.75, 3.05) is 6.54 Å². The van der Waals surface area contributed by atoms with Crippen molar-refractivity contribution in [3.8, 4) is 0 Å². The Kier molecular flexibility index (Phi) is 6.21. The van der Waals surface area contributed by atoms with E-state index in [-0.39, 0.29) is 12.0 Å². The van der Waals surface area contributed by atoms with Crippen LogP contribution in [0.5, 0.6) is 0 Å². The zero-order valence-corrected chi connectivity index (χ0v) is 19.8. The van der Waals surface area contributed by atoms with E-state index in [9.17, 15) is 9.90 Å². The van der Waals surface area contributed by atoms with Crippen molar-refractivity contribution < 1.29 is 9.90 Å². The topological polar surface area (TPSA) is 49.3 Å². The monoisotopic (exact) mass is 449 g/mol. The van der Waals surface area contributed by atoms with Gasteiger partial charge in [0.15, 0.2) is 0 Å². The third-order valence-corrected chi connectivity index (χ3v) is 7.41. The number of carboxylic acid groups (broad SMARTS) is 1. The number of aromatic carboxylic acids is 1. The lowest BCUT2D eigenvalue weighted by atomic mass is 9.73. The van der Waals surface area contributed by atoms with Gasteiger partial charge < -0.3 is 10.4 Å². The summed E-state index contributed by atoms with van der Waals surface area (Å²) >= 11 is 0. The van der Waals surface area contributed by atoms with Gasteiger partial charge in [-0.3, -0.25) is 0 Å². The zero-order valence-electron chi connectivity index (χ0n) is 19.8. The minimum absolute atomic E-state index is 0.211. The highest BCUT2D eigenvalue weighted by Gasteiger charge is 2.29. The first-order chi connectivity index (χ1) is 16.5. The van der Waals surface area contributed by atoms with Gasteiger partial charge in [-0.15, -0.1) is 0 Å². The Hall–Kier alpha value is -3.43. The van der Waals surface area contributed by atoms with Crippen molar-refractivity contribution in [3.63, 3.8) is 0 Å². The van der Waals surface area contributed by atoms with Crippen LogP contribution in [0.15, 0.2) is 84.9 Å². The minimum atomic E-state index is -0.856. The number of carbonyl (C=O) groups is 1. The standard InChI is InChI=1S/C31H31NO2/c1-20-14-15-25(18-29(20)31(33)34)30-17-22(16-24-9-4-6-12-28(24)30)19-32-21(2)26-13-7-10-23-8-3-5-11-27(23)26/h3-15,18,21-22,30,32H,16-17,19H2,1-2H3,(H,33,34)/t21-,22?,30?/m1/s1. The van der Waals surface area contributed by atoms with Crippen LogP contribution >= 0.6 is 0 Å². The number of benzene rings is 4. The fourth-order valence-corrected chi connectivity index (χ4v) is 5.55. The Labute approximate surface area is 201 Å². The highest BCUT2D eigenvalue weighted by molar-refractivity contribution is 5.89. The van der Waals surface area contributed by atoms with E-state index >= 15 is 0 Å². The molecular formula is C31H31NO2. The van der Waals surface area contributed by atoms with Crippen molar-refractivity contribution in [2.45, 2.75) is 38.6 Å². The average molecular weight is 450 g/mol. The van der Waals surface area contributed by atoms with Gasteiger partial charge in [0.05, 0.1) is 5.56 Å². The van der Waals surface area contributed by atoms with Crippen LogP contribution < -0.4 is 5.32 Å². The smallest absolute Gasteiger partial charge is 0.335 e. The molecule has 0 aliphatic heterocycles. The first kappa shape index (κ1) is 22.4. The van der Waals surface area contributed by atoms with E-state index in [1.54, 1.807) is 0 Å². The van der Waals surface area contributed by atoms with Gasteiger partial charge in [-0.05, 0) is 83.8 Å². The summed E-state index contributed by atoms with van der Waals surface area (Å²) in [6.07, 6.45) is 2.05. The second kappa shape index (κ2) is 9.44. The number of carboxylic acids is 1. The summed E-state index contributed by atoms with van der Waals surface area (Å²) < 4.78 is 0. The van der Waals surface area contributed by atoms with Crippen molar-refractivity contribution >= 4 is 16.7 Å². The van der Waals surface area contributed by atoms with Crippen LogP contribution in [0.3, 0.4) is 0 Å². The van der Waals surface area contributed by atoms with Crippen LogP contribution in [0, 0.1) is 12.8 Å². The van der Waals surface area contributed by atoms with E-state index in [1.807, 2.05) is 19.1 Å². The molecule has 0 radical (unpaired) electrons. The molecule has 0 aromatic heterocycles. The quantitative estimate of drug-likeness (QED) is 0.337. The summed E-state index contributed by atoms with van der Waals surface area (Å²) in [6.45, 7) is 5.03. The lowest BCUT2D eigenvalue weighted by Gasteiger charge is -2.33. The van der Waals surface area contributed by atoms with Gasteiger partial charge in [0.25, 0.3) is 0 Å². The molecule has 0 saturated carbocycles.